The molecule has 0 aliphatic heterocycles. The Morgan fingerprint density at radius 1 is 1.29 bits per heavy atom. The molecule has 0 aromatic carbocycles. The summed E-state index contributed by atoms with van der Waals surface area (Å²) in [6.07, 6.45) is -4.73. The number of ketones is 1. The second-order valence-corrected chi connectivity index (χ2v) is 5.20. The number of hydrogen-bond acceptors (Lipinski definition) is 6. The van der Waals surface area contributed by atoms with Gasteiger partial charge >= 0.3 is 12.1 Å². The maximum absolute atomic E-state index is 12.3. The average Bonchev–Trinajstić information content (AvgIpc) is 3.04. The van der Waals surface area contributed by atoms with Crippen LogP contribution in [-0.2, 0) is 11.0 Å². The van der Waals surface area contributed by atoms with E-state index in [0.717, 1.165) is 16.2 Å². The van der Waals surface area contributed by atoms with Crippen LogP contribution in [0.25, 0.3) is 10.7 Å². The fraction of sp³-hybridized carbons (Fsp3) is 0.273. The monoisotopic (exact) mass is 319 g/mol. The second kappa shape index (κ2) is 5.28. The lowest BCUT2D eigenvalue weighted by Gasteiger charge is -2.06. The number of aromatic nitrogens is 2. The summed E-state index contributed by atoms with van der Waals surface area (Å²) in [7, 11) is 2.84. The summed E-state index contributed by atoms with van der Waals surface area (Å²) in [5.41, 5.74) is 0. The van der Waals surface area contributed by atoms with Gasteiger partial charge in [0.15, 0.2) is 0 Å². The van der Waals surface area contributed by atoms with Crippen LogP contribution >= 0.6 is 11.3 Å². The van der Waals surface area contributed by atoms with Crippen LogP contribution in [0.2, 0.25) is 0 Å². The first-order valence-corrected chi connectivity index (χ1v) is 6.29. The molecular weight excluding hydrogens is 311 g/mol. The summed E-state index contributed by atoms with van der Waals surface area (Å²) >= 11 is 0.814. The minimum atomic E-state index is -4.73. The molecule has 0 bridgehead atoms. The molecule has 0 aliphatic carbocycles. The van der Waals surface area contributed by atoms with Crippen molar-refractivity contribution >= 4 is 23.0 Å². The first-order valence-electron chi connectivity index (χ1n) is 5.47. The van der Waals surface area contributed by atoms with Gasteiger partial charge < -0.3 is 9.42 Å². The Morgan fingerprint density at radius 3 is 2.48 bits per heavy atom. The number of Topliss-reactive ketones (excluding diaryl/α,β-unsaturated/α-hetero) is 1. The van der Waals surface area contributed by atoms with E-state index in [-0.39, 0.29) is 15.6 Å². The molecular formula is C11H8F3N3O3S. The SMILES string of the molecule is CN(C)C(=O)C(=O)c1ccc(-c2noc(C(F)(F)F)n2)s1. The molecule has 2 heterocycles. The minimum Gasteiger partial charge on any atom is -0.342 e. The molecule has 2 aromatic heterocycles. The van der Waals surface area contributed by atoms with E-state index in [9.17, 15) is 22.8 Å². The molecule has 10 heteroatoms. The van der Waals surface area contributed by atoms with Gasteiger partial charge in [0.05, 0.1) is 9.75 Å². The highest BCUT2D eigenvalue weighted by molar-refractivity contribution is 7.18. The van der Waals surface area contributed by atoms with Gasteiger partial charge in [0.1, 0.15) is 0 Å². The van der Waals surface area contributed by atoms with Crippen LogP contribution in [0, 0.1) is 0 Å². The van der Waals surface area contributed by atoms with Gasteiger partial charge in [-0.2, -0.15) is 18.2 Å². The Hall–Kier alpha value is -2.23. The number of hydrogen-bond donors (Lipinski definition) is 0. The van der Waals surface area contributed by atoms with E-state index < -0.39 is 23.8 Å². The van der Waals surface area contributed by atoms with Crippen molar-refractivity contribution in [2.45, 2.75) is 6.18 Å². The Balaban J connectivity index is 2.26. The molecule has 21 heavy (non-hydrogen) atoms. The fourth-order valence-corrected chi connectivity index (χ4v) is 2.19. The quantitative estimate of drug-likeness (QED) is 0.639. The Morgan fingerprint density at radius 2 is 1.95 bits per heavy atom. The van der Waals surface area contributed by atoms with Crippen LogP contribution in [0.4, 0.5) is 13.2 Å². The maximum atomic E-state index is 12.3. The van der Waals surface area contributed by atoms with Crippen molar-refractivity contribution in [2.24, 2.45) is 0 Å². The third kappa shape index (κ3) is 3.10. The van der Waals surface area contributed by atoms with Crippen molar-refractivity contribution in [3.8, 4) is 10.7 Å². The Labute approximate surface area is 120 Å². The first kappa shape index (κ1) is 15.2. The predicted molar refractivity (Wildman–Crippen MR) is 65.6 cm³/mol. The van der Waals surface area contributed by atoms with Crippen molar-refractivity contribution < 1.29 is 27.3 Å². The van der Waals surface area contributed by atoms with E-state index in [2.05, 4.69) is 14.7 Å². The summed E-state index contributed by atoms with van der Waals surface area (Å²) < 4.78 is 41.1. The molecule has 0 radical (unpaired) electrons. The van der Waals surface area contributed by atoms with Gasteiger partial charge in [-0.05, 0) is 12.1 Å². The summed E-state index contributed by atoms with van der Waals surface area (Å²) in [5.74, 6) is -3.24. The van der Waals surface area contributed by atoms with Gasteiger partial charge in [-0.3, -0.25) is 9.59 Å². The normalized spacial score (nSPS) is 11.5. The number of carbonyl (C=O) groups excluding carboxylic acids is 2. The number of carbonyl (C=O) groups is 2. The fourth-order valence-electron chi connectivity index (χ4n) is 1.33. The zero-order chi connectivity index (χ0) is 15.8. The van der Waals surface area contributed by atoms with E-state index in [1.54, 1.807) is 0 Å². The molecule has 2 rings (SSSR count). The van der Waals surface area contributed by atoms with Gasteiger partial charge in [0.25, 0.3) is 11.7 Å². The number of alkyl halides is 3. The number of thiophene rings is 1. The zero-order valence-electron chi connectivity index (χ0n) is 10.8. The Bertz CT molecular complexity index is 690. The molecule has 0 fully saturated rings. The Kier molecular flexibility index (Phi) is 3.81. The minimum absolute atomic E-state index is 0.0852. The van der Waals surface area contributed by atoms with Gasteiger partial charge in [0, 0.05) is 14.1 Å². The summed E-state index contributed by atoms with van der Waals surface area (Å²) in [6.45, 7) is 0. The van der Waals surface area contributed by atoms with Crippen LogP contribution in [0.1, 0.15) is 15.6 Å². The topological polar surface area (TPSA) is 76.3 Å². The molecule has 1 amide bonds. The molecule has 0 N–H and O–H groups in total. The van der Waals surface area contributed by atoms with Crippen LogP contribution in [-0.4, -0.2) is 40.8 Å². The van der Waals surface area contributed by atoms with Crippen LogP contribution < -0.4 is 0 Å². The van der Waals surface area contributed by atoms with Crippen molar-refractivity contribution in [1.29, 1.82) is 0 Å². The number of rotatable bonds is 3. The van der Waals surface area contributed by atoms with Crippen molar-refractivity contribution in [3.63, 3.8) is 0 Å². The molecule has 0 atom stereocenters. The highest BCUT2D eigenvalue weighted by atomic mass is 32.1. The van der Waals surface area contributed by atoms with Gasteiger partial charge in [-0.15, -0.1) is 11.3 Å². The molecule has 6 nitrogen and oxygen atoms in total. The number of nitrogens with zero attached hydrogens (tertiary/aromatic N) is 3. The summed E-state index contributed by atoms with van der Waals surface area (Å²) in [6, 6.07) is 2.68. The van der Waals surface area contributed by atoms with E-state index in [1.165, 1.54) is 26.2 Å². The van der Waals surface area contributed by atoms with Crippen LogP contribution in [0.15, 0.2) is 16.7 Å². The number of amides is 1. The highest BCUT2D eigenvalue weighted by Gasteiger charge is 2.38. The third-order valence-electron chi connectivity index (χ3n) is 2.32. The largest absolute Gasteiger partial charge is 0.471 e. The van der Waals surface area contributed by atoms with Crippen molar-refractivity contribution in [3.05, 3.63) is 22.9 Å². The lowest BCUT2D eigenvalue weighted by Crippen LogP contribution is -2.29. The lowest BCUT2D eigenvalue weighted by molar-refractivity contribution is -0.159. The van der Waals surface area contributed by atoms with Crippen LogP contribution in [0.3, 0.4) is 0 Å². The van der Waals surface area contributed by atoms with Gasteiger partial charge in [-0.25, -0.2) is 0 Å². The molecule has 0 spiro atoms. The van der Waals surface area contributed by atoms with Crippen LogP contribution in [0.5, 0.6) is 0 Å². The molecule has 0 unspecified atom stereocenters. The molecule has 112 valence electrons. The van der Waals surface area contributed by atoms with E-state index in [1.807, 2.05) is 0 Å². The third-order valence-corrected chi connectivity index (χ3v) is 3.40. The van der Waals surface area contributed by atoms with Gasteiger partial charge in [-0.1, -0.05) is 5.16 Å². The van der Waals surface area contributed by atoms with Crippen molar-refractivity contribution in [1.82, 2.24) is 15.0 Å². The molecule has 0 aliphatic rings. The smallest absolute Gasteiger partial charge is 0.342 e. The lowest BCUT2D eigenvalue weighted by atomic mass is 10.3. The summed E-state index contributed by atoms with van der Waals surface area (Å²) in [5, 5.41) is 3.20. The average molecular weight is 319 g/mol. The first-order chi connectivity index (χ1) is 9.70. The summed E-state index contributed by atoms with van der Waals surface area (Å²) in [4.78, 5) is 27.9. The molecule has 0 saturated heterocycles. The number of halogens is 3. The molecule has 0 saturated carbocycles. The van der Waals surface area contributed by atoms with Gasteiger partial charge in [0.2, 0.25) is 5.82 Å². The van der Waals surface area contributed by atoms with E-state index in [4.69, 9.17) is 0 Å². The standard InChI is InChI=1S/C11H8F3N3O3S/c1-17(2)9(19)7(18)5-3-4-6(21-5)8-15-10(20-16-8)11(12,13)14/h3-4H,1-2H3. The zero-order valence-corrected chi connectivity index (χ0v) is 11.6. The van der Waals surface area contributed by atoms with E-state index >= 15 is 0 Å². The molecule has 2 aromatic rings. The van der Waals surface area contributed by atoms with Crippen molar-refractivity contribution in [2.75, 3.05) is 14.1 Å². The highest BCUT2D eigenvalue weighted by Crippen LogP contribution is 2.31. The second-order valence-electron chi connectivity index (χ2n) is 4.11. The van der Waals surface area contributed by atoms with E-state index in [0.29, 0.717) is 0 Å². The number of likely N-dealkylation sites (N-methyl/N-ethyl adjacent to an activating group) is 1. The predicted octanol–water partition coefficient (Wildman–Crippen LogP) is 2.09. The maximum Gasteiger partial charge on any atom is 0.471 e.